The molecular weight excluding hydrogens is 1020 g/mol. The lowest BCUT2D eigenvalue weighted by atomic mass is 9.83. The molecule has 0 saturated carbocycles. The summed E-state index contributed by atoms with van der Waals surface area (Å²) in [7, 11) is 0. The highest BCUT2D eigenvalue weighted by Gasteiger charge is 2.32. The first-order valence-corrected chi connectivity index (χ1v) is 30.4. The number of rotatable bonds is 18. The van der Waals surface area contributed by atoms with E-state index in [1.807, 2.05) is 0 Å². The first-order chi connectivity index (χ1) is 40.8. The lowest BCUT2D eigenvalue weighted by molar-refractivity contribution is 0.799. The molecule has 0 unspecified atom stereocenters. The maximum atomic E-state index is 2.63. The topological polar surface area (TPSA) is 13.0 Å². The number of nitrogens with zero attached hydrogens (tertiary/aromatic N) is 4. The highest BCUT2D eigenvalue weighted by Crippen LogP contribution is 2.57. The summed E-state index contributed by atoms with van der Waals surface area (Å²) in [6.07, 6.45) is 6.01. The van der Waals surface area contributed by atoms with Crippen molar-refractivity contribution in [2.24, 2.45) is 0 Å². The zero-order valence-electron chi connectivity index (χ0n) is 50.8. The third-order valence-electron chi connectivity index (χ3n) is 17.1. The predicted molar refractivity (Wildman–Crippen MR) is 364 cm³/mol. The molecule has 0 amide bonds. The number of unbranched alkanes of at least 4 members (excludes halogenated alkanes) is 2. The van der Waals surface area contributed by atoms with E-state index in [4.69, 9.17) is 0 Å². The summed E-state index contributed by atoms with van der Waals surface area (Å²) in [5.74, 6) is 0. The van der Waals surface area contributed by atoms with Crippen LogP contribution < -0.4 is 19.6 Å². The Labute approximate surface area is 499 Å². The van der Waals surface area contributed by atoms with E-state index in [1.54, 1.807) is 0 Å². The molecule has 12 rings (SSSR count). The minimum absolute atomic E-state index is 0.904. The standard InChI is InChI=1S/C80H78N4/c1-11-13-15-61-49-71-73(81(63-33-17-53(3)18-34-63)64-35-19-54(4)20-36-64)52-76(84(69-45-29-59(9)30-46-69)70-47-31-60(10)32-48-70)78-62(16-14-12-2)50-72-74(82(65-37-21-55(5)22-38-65)66-39-23-56(6)24-40-66)51-75(77(61)79(72)80(71)78)83(67-41-25-57(7)26-42-67)68-43-27-58(8)28-44-68/h17-52H,11-16H2,1-10H3. The summed E-state index contributed by atoms with van der Waals surface area (Å²) in [5.41, 5.74) is 26.0. The molecule has 12 aromatic rings. The molecule has 4 nitrogen and oxygen atoms in total. The van der Waals surface area contributed by atoms with Crippen LogP contribution in [0.1, 0.15) is 95.2 Å². The van der Waals surface area contributed by atoms with Crippen molar-refractivity contribution >= 4 is 101 Å². The van der Waals surface area contributed by atoms with Gasteiger partial charge in [-0.05, 0) is 214 Å². The average molecular weight is 1100 g/mol. The molecule has 12 aromatic carbocycles. The minimum atomic E-state index is 0.904. The Morgan fingerprint density at radius 2 is 0.417 bits per heavy atom. The van der Waals surface area contributed by atoms with Gasteiger partial charge in [0.1, 0.15) is 0 Å². The number of hydrogen-bond acceptors (Lipinski definition) is 4. The van der Waals surface area contributed by atoms with Crippen LogP contribution >= 0.6 is 0 Å². The molecule has 0 aliphatic rings. The van der Waals surface area contributed by atoms with Crippen molar-refractivity contribution in [2.45, 2.75) is 108 Å². The van der Waals surface area contributed by atoms with Crippen LogP contribution in [0.3, 0.4) is 0 Å². The van der Waals surface area contributed by atoms with Gasteiger partial charge in [0.2, 0.25) is 0 Å². The van der Waals surface area contributed by atoms with Crippen molar-refractivity contribution < 1.29 is 0 Å². The molecule has 0 bridgehead atoms. The predicted octanol–water partition coefficient (Wildman–Crippen LogP) is 23.6. The van der Waals surface area contributed by atoms with Crippen LogP contribution in [0, 0.1) is 55.4 Å². The smallest absolute Gasteiger partial charge is 0.0564 e. The van der Waals surface area contributed by atoms with Gasteiger partial charge in [0, 0.05) is 77.8 Å². The fourth-order valence-electron chi connectivity index (χ4n) is 12.4. The van der Waals surface area contributed by atoms with E-state index >= 15 is 0 Å². The Kier molecular flexibility index (Phi) is 15.6. The normalized spacial score (nSPS) is 11.5. The van der Waals surface area contributed by atoms with Gasteiger partial charge in [-0.15, -0.1) is 0 Å². The summed E-state index contributed by atoms with van der Waals surface area (Å²) in [6.45, 7) is 22.2. The summed E-state index contributed by atoms with van der Waals surface area (Å²) < 4.78 is 0. The molecule has 0 N–H and O–H groups in total. The zero-order chi connectivity index (χ0) is 58.2. The highest BCUT2D eigenvalue weighted by atomic mass is 15.2. The molecule has 0 aliphatic heterocycles. The molecule has 0 heterocycles. The number of anilines is 12. The van der Waals surface area contributed by atoms with Crippen LogP contribution in [-0.2, 0) is 12.8 Å². The van der Waals surface area contributed by atoms with Crippen molar-refractivity contribution in [3.05, 3.63) is 274 Å². The van der Waals surface area contributed by atoms with E-state index in [1.165, 1.54) is 88.0 Å². The molecule has 4 heteroatoms. The number of aryl methyl sites for hydroxylation is 10. The van der Waals surface area contributed by atoms with Crippen molar-refractivity contribution in [1.82, 2.24) is 0 Å². The molecule has 0 radical (unpaired) electrons. The average Bonchev–Trinajstić information content (AvgIpc) is 1.06. The minimum Gasteiger partial charge on any atom is -0.310 e. The van der Waals surface area contributed by atoms with E-state index < -0.39 is 0 Å². The van der Waals surface area contributed by atoms with Crippen molar-refractivity contribution in [3.8, 4) is 0 Å². The molecular formula is C80H78N4. The van der Waals surface area contributed by atoms with Crippen LogP contribution in [-0.4, -0.2) is 0 Å². The van der Waals surface area contributed by atoms with E-state index in [2.05, 4.69) is 307 Å². The molecule has 0 spiro atoms. The van der Waals surface area contributed by atoms with Crippen molar-refractivity contribution in [3.63, 3.8) is 0 Å². The number of hydrogen-bond donors (Lipinski definition) is 0. The van der Waals surface area contributed by atoms with Crippen LogP contribution in [0.5, 0.6) is 0 Å². The van der Waals surface area contributed by atoms with E-state index in [0.717, 1.165) is 107 Å². The van der Waals surface area contributed by atoms with Gasteiger partial charge in [-0.25, -0.2) is 0 Å². The van der Waals surface area contributed by atoms with Crippen LogP contribution in [0.15, 0.2) is 218 Å². The second kappa shape index (κ2) is 23.6. The van der Waals surface area contributed by atoms with E-state index in [-0.39, 0.29) is 0 Å². The Morgan fingerprint density at radius 1 is 0.226 bits per heavy atom. The Balaban J connectivity index is 1.37. The Bertz CT molecular complexity index is 3780. The third-order valence-corrected chi connectivity index (χ3v) is 17.1. The molecule has 0 fully saturated rings. The maximum Gasteiger partial charge on any atom is 0.0564 e. The molecule has 0 atom stereocenters. The van der Waals surface area contributed by atoms with Gasteiger partial charge in [-0.3, -0.25) is 0 Å². The number of benzene rings is 12. The lowest BCUT2D eigenvalue weighted by Crippen LogP contribution is -2.17. The quantitative estimate of drug-likeness (QED) is 0.0794. The van der Waals surface area contributed by atoms with Crippen molar-refractivity contribution in [1.29, 1.82) is 0 Å². The van der Waals surface area contributed by atoms with E-state index in [9.17, 15) is 0 Å². The molecule has 0 aromatic heterocycles. The van der Waals surface area contributed by atoms with Gasteiger partial charge in [-0.1, -0.05) is 168 Å². The lowest BCUT2D eigenvalue weighted by Gasteiger charge is -2.36. The molecule has 0 saturated heterocycles. The molecule has 0 aliphatic carbocycles. The van der Waals surface area contributed by atoms with Gasteiger partial charge in [0.05, 0.1) is 22.7 Å². The van der Waals surface area contributed by atoms with Crippen LogP contribution in [0.4, 0.5) is 68.2 Å². The van der Waals surface area contributed by atoms with Crippen LogP contribution in [0.25, 0.3) is 32.3 Å². The highest BCUT2D eigenvalue weighted by molar-refractivity contribution is 6.34. The summed E-state index contributed by atoms with van der Waals surface area (Å²) in [4.78, 5) is 10.2. The maximum absolute atomic E-state index is 2.63. The second-order valence-corrected chi connectivity index (χ2v) is 23.7. The summed E-state index contributed by atoms with van der Waals surface area (Å²) >= 11 is 0. The third kappa shape index (κ3) is 10.8. The van der Waals surface area contributed by atoms with Gasteiger partial charge in [0.15, 0.2) is 0 Å². The largest absolute Gasteiger partial charge is 0.310 e. The van der Waals surface area contributed by atoms with Crippen molar-refractivity contribution in [2.75, 3.05) is 19.6 Å². The first-order valence-electron chi connectivity index (χ1n) is 30.4. The monoisotopic (exact) mass is 1090 g/mol. The zero-order valence-corrected chi connectivity index (χ0v) is 50.8. The fourth-order valence-corrected chi connectivity index (χ4v) is 12.4. The Hall–Kier alpha value is -9.12. The first kappa shape index (κ1) is 55.4. The molecule has 418 valence electrons. The SMILES string of the molecule is CCCCc1cc2c(N(c3ccc(C)cc3)c3ccc(C)cc3)cc(N(c3ccc(C)cc3)c3ccc(C)cc3)c3c(CCCC)cc4c(N(c5ccc(C)cc5)c5ccc(C)cc5)cc(N(c5ccc(C)cc5)c5ccc(C)cc5)c1c4c23. The van der Waals surface area contributed by atoms with Gasteiger partial charge in [0.25, 0.3) is 0 Å². The van der Waals surface area contributed by atoms with Gasteiger partial charge in [-0.2, -0.15) is 0 Å². The second-order valence-electron chi connectivity index (χ2n) is 23.7. The van der Waals surface area contributed by atoms with Gasteiger partial charge >= 0.3 is 0 Å². The summed E-state index contributed by atoms with van der Waals surface area (Å²) in [5, 5.41) is 7.60. The Morgan fingerprint density at radius 3 is 0.607 bits per heavy atom. The summed E-state index contributed by atoms with van der Waals surface area (Å²) in [6, 6.07) is 83.7. The van der Waals surface area contributed by atoms with Crippen LogP contribution in [0.2, 0.25) is 0 Å². The van der Waals surface area contributed by atoms with Gasteiger partial charge < -0.3 is 19.6 Å². The molecule has 84 heavy (non-hydrogen) atoms. The fraction of sp³-hybridized carbons (Fsp3) is 0.200. The van der Waals surface area contributed by atoms with E-state index in [0.29, 0.717) is 0 Å².